The summed E-state index contributed by atoms with van der Waals surface area (Å²) in [4.78, 5) is 12.6. The molecule has 144 valence electrons. The Morgan fingerprint density at radius 3 is 2.75 bits per heavy atom. The molecule has 1 heterocycles. The lowest BCUT2D eigenvalue weighted by atomic mass is 9.99. The van der Waals surface area contributed by atoms with Crippen molar-refractivity contribution in [1.82, 2.24) is 15.1 Å². The number of carbonyl (C=O) groups excluding carboxylic acids is 1. The first-order valence-corrected chi connectivity index (χ1v) is 9.68. The maximum absolute atomic E-state index is 12.6. The summed E-state index contributed by atoms with van der Waals surface area (Å²) in [5.74, 6) is 0.0315. The first-order chi connectivity index (χ1) is 13.5. The van der Waals surface area contributed by atoms with Gasteiger partial charge in [-0.25, -0.2) is 0 Å². The summed E-state index contributed by atoms with van der Waals surface area (Å²) in [5.41, 5.74) is 4.21. The third-order valence-electron chi connectivity index (χ3n) is 5.24. The molecule has 0 aliphatic carbocycles. The molecule has 2 aromatic carbocycles. The fraction of sp³-hybridized carbons (Fsp3) is 0.348. The molecule has 1 amide bonds. The molecular formula is C23H26N4O. The van der Waals surface area contributed by atoms with E-state index in [9.17, 15) is 4.79 Å². The van der Waals surface area contributed by atoms with Gasteiger partial charge in [-0.15, -0.1) is 0 Å². The molecule has 3 aromatic rings. The Hall–Kier alpha value is -3.13. The van der Waals surface area contributed by atoms with Crippen molar-refractivity contribution in [3.05, 3.63) is 65.0 Å². The highest BCUT2D eigenvalue weighted by atomic mass is 16.1. The van der Waals surface area contributed by atoms with Crippen LogP contribution < -0.4 is 5.32 Å². The minimum absolute atomic E-state index is 0.0315. The molecule has 5 heteroatoms. The van der Waals surface area contributed by atoms with Gasteiger partial charge in [0.2, 0.25) is 5.91 Å². The molecule has 1 aromatic heterocycles. The van der Waals surface area contributed by atoms with Crippen molar-refractivity contribution >= 4 is 16.7 Å². The van der Waals surface area contributed by atoms with E-state index in [2.05, 4.69) is 40.8 Å². The molecule has 0 aliphatic heterocycles. The number of nitrogens with one attached hydrogen (secondary N) is 1. The van der Waals surface area contributed by atoms with Gasteiger partial charge in [0, 0.05) is 12.1 Å². The first kappa shape index (κ1) is 19.6. The average molecular weight is 374 g/mol. The highest BCUT2D eigenvalue weighted by Crippen LogP contribution is 2.24. The van der Waals surface area contributed by atoms with Crippen LogP contribution in [-0.4, -0.2) is 15.7 Å². The highest BCUT2D eigenvalue weighted by Gasteiger charge is 2.15. The summed E-state index contributed by atoms with van der Waals surface area (Å²) in [6, 6.07) is 16.5. The number of fused-ring (bicyclic) bond motifs is 1. The molecule has 5 nitrogen and oxygen atoms in total. The minimum atomic E-state index is -0.0563. The summed E-state index contributed by atoms with van der Waals surface area (Å²) >= 11 is 0. The van der Waals surface area contributed by atoms with Crippen molar-refractivity contribution in [3.63, 3.8) is 0 Å². The van der Waals surface area contributed by atoms with E-state index >= 15 is 0 Å². The Morgan fingerprint density at radius 2 is 1.96 bits per heavy atom. The zero-order valence-electron chi connectivity index (χ0n) is 16.7. The number of carbonyl (C=O) groups is 1. The summed E-state index contributed by atoms with van der Waals surface area (Å²) < 4.78 is 1.87. The second-order valence-electron chi connectivity index (χ2n) is 7.14. The number of hydrogen-bond donors (Lipinski definition) is 1. The van der Waals surface area contributed by atoms with Gasteiger partial charge in [-0.05, 0) is 49.1 Å². The predicted octanol–water partition coefficient (Wildman–Crippen LogP) is 4.38. The topological polar surface area (TPSA) is 70.7 Å². The quantitative estimate of drug-likeness (QED) is 0.667. The lowest BCUT2D eigenvalue weighted by molar-refractivity contribution is -0.121. The molecule has 28 heavy (non-hydrogen) atoms. The van der Waals surface area contributed by atoms with Gasteiger partial charge in [-0.3, -0.25) is 9.48 Å². The van der Waals surface area contributed by atoms with Gasteiger partial charge in [0.25, 0.3) is 0 Å². The Morgan fingerprint density at radius 1 is 1.21 bits per heavy atom. The fourth-order valence-corrected chi connectivity index (χ4v) is 3.73. The molecule has 0 aliphatic rings. The van der Waals surface area contributed by atoms with Gasteiger partial charge in [0.15, 0.2) is 0 Å². The van der Waals surface area contributed by atoms with Crippen molar-refractivity contribution in [2.75, 3.05) is 0 Å². The largest absolute Gasteiger partial charge is 0.350 e. The number of amides is 1. The Kier molecular flexibility index (Phi) is 6.10. The van der Waals surface area contributed by atoms with Crippen molar-refractivity contribution in [2.45, 2.75) is 52.6 Å². The highest BCUT2D eigenvalue weighted by molar-refractivity contribution is 5.86. The second-order valence-corrected chi connectivity index (χ2v) is 7.14. The van der Waals surface area contributed by atoms with Crippen molar-refractivity contribution in [3.8, 4) is 6.07 Å². The third-order valence-corrected chi connectivity index (χ3v) is 5.24. The summed E-state index contributed by atoms with van der Waals surface area (Å²) in [7, 11) is 0. The van der Waals surface area contributed by atoms with Crippen LogP contribution in [0.1, 0.15) is 48.3 Å². The lowest BCUT2D eigenvalue weighted by Gasteiger charge is -2.17. The molecule has 3 rings (SSSR count). The Labute approximate surface area is 166 Å². The number of nitrogens with zero attached hydrogens (tertiary/aromatic N) is 3. The van der Waals surface area contributed by atoms with Gasteiger partial charge in [0.1, 0.15) is 0 Å². The fourth-order valence-electron chi connectivity index (χ4n) is 3.73. The van der Waals surface area contributed by atoms with Gasteiger partial charge < -0.3 is 5.32 Å². The molecule has 1 N–H and O–H groups in total. The predicted molar refractivity (Wildman–Crippen MR) is 111 cm³/mol. The summed E-state index contributed by atoms with van der Waals surface area (Å²) in [6.07, 6.45) is 1.50. The maximum Gasteiger partial charge on any atom is 0.220 e. The zero-order chi connectivity index (χ0) is 20.1. The SMILES string of the molecule is Cc1nn(CCC#N)c(C)c1CCC(=O)N[C@@H](C)c1cccc2ccccc12. The van der Waals surface area contributed by atoms with Crippen molar-refractivity contribution < 1.29 is 4.79 Å². The molecule has 0 unspecified atom stereocenters. The number of aromatic nitrogens is 2. The van der Waals surface area contributed by atoms with E-state index in [1.54, 1.807) is 0 Å². The van der Waals surface area contributed by atoms with E-state index < -0.39 is 0 Å². The van der Waals surface area contributed by atoms with E-state index in [1.807, 2.05) is 43.7 Å². The normalized spacial score (nSPS) is 11.9. The van der Waals surface area contributed by atoms with E-state index in [4.69, 9.17) is 5.26 Å². The van der Waals surface area contributed by atoms with E-state index in [-0.39, 0.29) is 11.9 Å². The molecule has 0 radical (unpaired) electrons. The molecule has 0 saturated carbocycles. The monoisotopic (exact) mass is 374 g/mol. The molecule has 0 spiro atoms. The number of hydrogen-bond acceptors (Lipinski definition) is 3. The standard InChI is InChI=1S/C23H26N4O/c1-16(21-11-6-9-19-8-4-5-10-22(19)21)25-23(28)13-12-20-17(2)26-27(18(20)3)15-7-14-24/h4-6,8-11,16H,7,12-13,15H2,1-3H3,(H,25,28)/t16-/m0/s1. The van der Waals surface area contributed by atoms with Crippen LogP contribution in [0.15, 0.2) is 42.5 Å². The van der Waals surface area contributed by atoms with Gasteiger partial charge in [-0.1, -0.05) is 42.5 Å². The molecule has 1 atom stereocenters. The van der Waals surface area contributed by atoms with Crippen LogP contribution in [0.25, 0.3) is 10.8 Å². The molecular weight excluding hydrogens is 348 g/mol. The van der Waals surface area contributed by atoms with Crippen LogP contribution in [-0.2, 0) is 17.8 Å². The van der Waals surface area contributed by atoms with Crippen molar-refractivity contribution in [2.24, 2.45) is 0 Å². The van der Waals surface area contributed by atoms with E-state index in [0.717, 1.165) is 22.5 Å². The number of nitriles is 1. The lowest BCUT2D eigenvalue weighted by Crippen LogP contribution is -2.27. The second kappa shape index (κ2) is 8.71. The summed E-state index contributed by atoms with van der Waals surface area (Å²) in [5, 5.41) is 18.7. The van der Waals surface area contributed by atoms with E-state index in [1.165, 1.54) is 10.8 Å². The molecule has 0 bridgehead atoms. The van der Waals surface area contributed by atoms with Crippen LogP contribution in [0.5, 0.6) is 0 Å². The smallest absolute Gasteiger partial charge is 0.220 e. The van der Waals surface area contributed by atoms with Gasteiger partial charge in [0.05, 0.1) is 30.8 Å². The third kappa shape index (κ3) is 4.23. The Bertz CT molecular complexity index is 1020. The molecule has 0 fully saturated rings. The zero-order valence-corrected chi connectivity index (χ0v) is 16.7. The minimum Gasteiger partial charge on any atom is -0.350 e. The average Bonchev–Trinajstić information content (AvgIpc) is 2.97. The van der Waals surface area contributed by atoms with Crippen LogP contribution in [0.3, 0.4) is 0 Å². The number of benzene rings is 2. The van der Waals surface area contributed by atoms with Crippen LogP contribution >= 0.6 is 0 Å². The van der Waals surface area contributed by atoms with Gasteiger partial charge >= 0.3 is 0 Å². The summed E-state index contributed by atoms with van der Waals surface area (Å²) in [6.45, 7) is 6.58. The van der Waals surface area contributed by atoms with E-state index in [0.29, 0.717) is 25.8 Å². The van der Waals surface area contributed by atoms with Crippen LogP contribution in [0.4, 0.5) is 0 Å². The number of aryl methyl sites for hydroxylation is 2. The van der Waals surface area contributed by atoms with Crippen LogP contribution in [0, 0.1) is 25.2 Å². The van der Waals surface area contributed by atoms with Gasteiger partial charge in [-0.2, -0.15) is 10.4 Å². The molecule has 0 saturated heterocycles. The first-order valence-electron chi connectivity index (χ1n) is 9.68. The van der Waals surface area contributed by atoms with Crippen molar-refractivity contribution in [1.29, 1.82) is 5.26 Å². The van der Waals surface area contributed by atoms with Crippen LogP contribution in [0.2, 0.25) is 0 Å². The maximum atomic E-state index is 12.6. The number of rotatable bonds is 7. The Balaban J connectivity index is 1.65.